The number of hydrogen-bond acceptors (Lipinski definition) is 5. The van der Waals surface area contributed by atoms with Crippen LogP contribution in [0.4, 0.5) is 0 Å². The molecule has 9 nitrogen and oxygen atoms in total. The van der Waals surface area contributed by atoms with Gasteiger partial charge in [0.1, 0.15) is 12.4 Å². The van der Waals surface area contributed by atoms with Gasteiger partial charge >= 0.3 is 11.7 Å². The van der Waals surface area contributed by atoms with E-state index in [0.29, 0.717) is 24.2 Å². The zero-order chi connectivity index (χ0) is 19.1. The Hall–Kier alpha value is -3.36. The largest absolute Gasteiger partial charge is 0.469 e. The molecule has 0 unspecified atom stereocenters. The third-order valence-corrected chi connectivity index (χ3v) is 3.73. The second-order valence-electron chi connectivity index (χ2n) is 5.57. The molecular formula is C17H21N5O4. The zero-order valence-corrected chi connectivity index (χ0v) is 14.4. The highest BCUT2D eigenvalue weighted by Gasteiger charge is 2.10. The van der Waals surface area contributed by atoms with E-state index in [2.05, 4.69) is 10.1 Å². The number of amidine groups is 1. The molecule has 138 valence electrons. The molecule has 0 spiro atoms. The van der Waals surface area contributed by atoms with Crippen LogP contribution < -0.4 is 16.7 Å². The van der Waals surface area contributed by atoms with E-state index in [1.165, 1.54) is 22.4 Å². The van der Waals surface area contributed by atoms with Crippen LogP contribution in [0.5, 0.6) is 0 Å². The van der Waals surface area contributed by atoms with Gasteiger partial charge in [0.2, 0.25) is 5.91 Å². The van der Waals surface area contributed by atoms with E-state index in [9.17, 15) is 14.4 Å². The molecule has 0 aliphatic carbocycles. The molecule has 26 heavy (non-hydrogen) atoms. The summed E-state index contributed by atoms with van der Waals surface area (Å²) < 4.78 is 7.20. The van der Waals surface area contributed by atoms with E-state index >= 15 is 0 Å². The Morgan fingerprint density at radius 1 is 1.23 bits per heavy atom. The number of nitrogens with zero attached hydrogens (tertiary/aromatic N) is 2. The molecule has 1 heterocycles. The van der Waals surface area contributed by atoms with Gasteiger partial charge in [-0.2, -0.15) is 0 Å². The topological polar surface area (TPSA) is 132 Å². The first-order valence-corrected chi connectivity index (χ1v) is 7.98. The van der Waals surface area contributed by atoms with Crippen LogP contribution in [0.25, 0.3) is 5.69 Å². The number of amides is 1. The number of ether oxygens (including phenoxy) is 1. The molecule has 9 heteroatoms. The molecule has 1 aromatic heterocycles. The third kappa shape index (κ3) is 4.82. The number of nitrogens with one attached hydrogen (secondary N) is 2. The first kappa shape index (κ1) is 19.0. The molecule has 2 aromatic rings. The van der Waals surface area contributed by atoms with Crippen molar-refractivity contribution >= 4 is 17.7 Å². The fourth-order valence-corrected chi connectivity index (χ4v) is 2.30. The van der Waals surface area contributed by atoms with E-state index in [0.717, 1.165) is 0 Å². The summed E-state index contributed by atoms with van der Waals surface area (Å²) >= 11 is 0. The van der Waals surface area contributed by atoms with Gasteiger partial charge in [0, 0.05) is 30.9 Å². The number of nitrogen functional groups attached to an aromatic ring is 1. The Kier molecular flexibility index (Phi) is 6.31. The number of benzene rings is 1. The van der Waals surface area contributed by atoms with Crippen LogP contribution >= 0.6 is 0 Å². The summed E-state index contributed by atoms with van der Waals surface area (Å²) in [6.07, 6.45) is 3.78. The van der Waals surface area contributed by atoms with Gasteiger partial charge in [-0.15, -0.1) is 0 Å². The lowest BCUT2D eigenvalue weighted by atomic mass is 10.2. The number of aromatic nitrogens is 2. The van der Waals surface area contributed by atoms with E-state index in [1.807, 2.05) is 0 Å². The molecule has 0 radical (unpaired) electrons. The van der Waals surface area contributed by atoms with Crippen molar-refractivity contribution in [2.24, 2.45) is 5.73 Å². The number of carbonyl (C=O) groups is 2. The van der Waals surface area contributed by atoms with Gasteiger partial charge in [0.25, 0.3) is 0 Å². The predicted molar refractivity (Wildman–Crippen MR) is 95.3 cm³/mol. The minimum Gasteiger partial charge on any atom is -0.469 e. The summed E-state index contributed by atoms with van der Waals surface area (Å²) in [5.74, 6) is -0.699. The molecule has 0 aliphatic rings. The standard InChI is InChI=1S/C17H21N5O4/c1-26-15(24)3-2-8-20-14(23)11-21-9-10-22(17(21)25)13-6-4-12(5-7-13)16(18)19/h4-7,9-10H,2-3,8,11H2,1H3,(H3,18,19)(H,20,23). The van der Waals surface area contributed by atoms with Crippen LogP contribution in [0.3, 0.4) is 0 Å². The minimum absolute atomic E-state index is 0.0506. The van der Waals surface area contributed by atoms with Crippen LogP contribution in [-0.4, -0.2) is 40.5 Å². The number of methoxy groups -OCH3 is 1. The summed E-state index contributed by atoms with van der Waals surface area (Å²) in [5, 5.41) is 10.0. The fraction of sp³-hybridized carbons (Fsp3) is 0.294. The van der Waals surface area contributed by atoms with Gasteiger partial charge in [-0.3, -0.25) is 24.1 Å². The number of rotatable bonds is 8. The van der Waals surface area contributed by atoms with Crippen molar-refractivity contribution < 1.29 is 14.3 Å². The first-order chi connectivity index (χ1) is 12.4. The average Bonchev–Trinajstić information content (AvgIpc) is 2.99. The van der Waals surface area contributed by atoms with Gasteiger partial charge in [-0.1, -0.05) is 0 Å². The highest BCUT2D eigenvalue weighted by atomic mass is 16.5. The van der Waals surface area contributed by atoms with Gasteiger partial charge in [0.15, 0.2) is 0 Å². The number of esters is 1. The highest BCUT2D eigenvalue weighted by Crippen LogP contribution is 2.07. The summed E-state index contributed by atoms with van der Waals surface area (Å²) in [6.45, 7) is 0.214. The van der Waals surface area contributed by atoms with Crippen molar-refractivity contribution in [3.05, 3.63) is 52.7 Å². The van der Waals surface area contributed by atoms with Gasteiger partial charge in [0.05, 0.1) is 12.8 Å². The number of hydrogen-bond donors (Lipinski definition) is 3. The van der Waals surface area contributed by atoms with Crippen molar-refractivity contribution in [2.45, 2.75) is 19.4 Å². The molecule has 0 atom stereocenters. The maximum atomic E-state index is 12.4. The van der Waals surface area contributed by atoms with Crippen molar-refractivity contribution in [2.75, 3.05) is 13.7 Å². The fourth-order valence-electron chi connectivity index (χ4n) is 2.30. The van der Waals surface area contributed by atoms with E-state index in [4.69, 9.17) is 11.1 Å². The van der Waals surface area contributed by atoms with Gasteiger partial charge in [-0.05, 0) is 30.7 Å². The Morgan fingerprint density at radius 2 is 1.92 bits per heavy atom. The van der Waals surface area contributed by atoms with Crippen molar-refractivity contribution in [1.29, 1.82) is 5.41 Å². The van der Waals surface area contributed by atoms with Crippen LogP contribution in [0.1, 0.15) is 18.4 Å². The maximum absolute atomic E-state index is 12.4. The first-order valence-electron chi connectivity index (χ1n) is 7.98. The molecule has 0 saturated heterocycles. The Bertz CT molecular complexity index is 851. The maximum Gasteiger partial charge on any atom is 0.333 e. The normalized spacial score (nSPS) is 10.3. The molecule has 0 bridgehead atoms. The lowest BCUT2D eigenvalue weighted by Gasteiger charge is -2.06. The second-order valence-corrected chi connectivity index (χ2v) is 5.57. The van der Waals surface area contributed by atoms with Crippen LogP contribution in [0.2, 0.25) is 0 Å². The van der Waals surface area contributed by atoms with Crippen LogP contribution in [0, 0.1) is 5.41 Å². The number of nitrogens with two attached hydrogens (primary N) is 1. The lowest BCUT2D eigenvalue weighted by molar-refractivity contribution is -0.140. The Morgan fingerprint density at radius 3 is 2.54 bits per heavy atom. The monoisotopic (exact) mass is 359 g/mol. The van der Waals surface area contributed by atoms with Crippen molar-refractivity contribution in [3.8, 4) is 5.69 Å². The molecule has 0 saturated carbocycles. The molecule has 1 amide bonds. The summed E-state index contributed by atoms with van der Waals surface area (Å²) in [6, 6.07) is 6.65. The molecule has 0 fully saturated rings. The molecule has 0 aliphatic heterocycles. The number of imidazole rings is 1. The quantitative estimate of drug-likeness (QED) is 0.264. The van der Waals surface area contributed by atoms with Gasteiger partial charge in [-0.25, -0.2) is 4.79 Å². The average molecular weight is 359 g/mol. The molecule has 2 rings (SSSR count). The summed E-state index contributed by atoms with van der Waals surface area (Å²) in [4.78, 5) is 35.3. The van der Waals surface area contributed by atoms with Crippen LogP contribution in [0.15, 0.2) is 41.5 Å². The summed E-state index contributed by atoms with van der Waals surface area (Å²) in [5.41, 5.74) is 6.22. The van der Waals surface area contributed by atoms with E-state index < -0.39 is 0 Å². The minimum atomic E-state index is -0.356. The SMILES string of the molecule is COC(=O)CCCNC(=O)Cn1ccn(-c2ccc(C(=N)N)cc2)c1=O. The predicted octanol–water partition coefficient (Wildman–Crippen LogP) is -0.00753. The van der Waals surface area contributed by atoms with E-state index in [1.54, 1.807) is 30.5 Å². The lowest BCUT2D eigenvalue weighted by Crippen LogP contribution is -2.33. The summed E-state index contributed by atoms with van der Waals surface area (Å²) in [7, 11) is 1.31. The number of carbonyl (C=O) groups excluding carboxylic acids is 2. The van der Waals surface area contributed by atoms with Crippen LogP contribution in [-0.2, 0) is 20.9 Å². The molecular weight excluding hydrogens is 338 g/mol. The Labute approximate surface area is 149 Å². The van der Waals surface area contributed by atoms with Crippen molar-refractivity contribution in [3.63, 3.8) is 0 Å². The smallest absolute Gasteiger partial charge is 0.333 e. The van der Waals surface area contributed by atoms with E-state index in [-0.39, 0.29) is 36.4 Å². The second kappa shape index (κ2) is 8.65. The molecule has 4 N–H and O–H groups in total. The van der Waals surface area contributed by atoms with Crippen molar-refractivity contribution in [1.82, 2.24) is 14.5 Å². The molecule has 1 aromatic carbocycles. The zero-order valence-electron chi connectivity index (χ0n) is 14.4. The van der Waals surface area contributed by atoms with Gasteiger partial charge < -0.3 is 15.8 Å². The Balaban J connectivity index is 1.96. The third-order valence-electron chi connectivity index (χ3n) is 3.73. The highest BCUT2D eigenvalue weighted by molar-refractivity contribution is 5.95.